The molecule has 0 spiro atoms. The van der Waals surface area contributed by atoms with Crippen LogP contribution in [0.3, 0.4) is 0 Å². The van der Waals surface area contributed by atoms with Crippen molar-refractivity contribution < 1.29 is 17.8 Å². The van der Waals surface area contributed by atoms with Crippen molar-refractivity contribution in [2.75, 3.05) is 24.0 Å². The van der Waals surface area contributed by atoms with Gasteiger partial charge in [-0.15, -0.1) is 0 Å². The summed E-state index contributed by atoms with van der Waals surface area (Å²) in [7, 11) is -0.374. The number of amides is 1. The van der Waals surface area contributed by atoms with Crippen LogP contribution in [0.4, 0.5) is 11.4 Å². The number of rotatable bonds is 4. The molecule has 0 saturated heterocycles. The molecule has 3 rings (SSSR count). The summed E-state index contributed by atoms with van der Waals surface area (Å²) in [6.07, 6.45) is 1.77. The predicted octanol–water partition coefficient (Wildman–Crippen LogP) is 2.16. The molecule has 0 radical (unpaired) electrons. The Labute approximate surface area is 186 Å². The fraction of sp³-hybridized carbons (Fsp3) is 0.158. The van der Waals surface area contributed by atoms with Crippen molar-refractivity contribution in [3.8, 4) is 0 Å². The molecule has 142 valence electrons. The van der Waals surface area contributed by atoms with E-state index in [4.69, 9.17) is 4.55 Å². The summed E-state index contributed by atoms with van der Waals surface area (Å²) < 4.78 is 31.3. The second-order valence-corrected chi connectivity index (χ2v) is 7.74. The van der Waals surface area contributed by atoms with Crippen LogP contribution in [0.25, 0.3) is 6.08 Å². The topological polar surface area (TPSA) is 90.3 Å². The molecule has 28 heavy (non-hydrogen) atoms. The number of carbonyl (C=O) groups excluding carboxylic acids is 1. The summed E-state index contributed by atoms with van der Waals surface area (Å²) in [6, 6.07) is 13.1. The normalized spacial score (nSPS) is 15.4. The third kappa shape index (κ3) is 4.71. The molecule has 0 unspecified atom stereocenters. The van der Waals surface area contributed by atoms with E-state index in [1.165, 1.54) is 29.3 Å². The molecule has 1 N–H and O–H groups in total. The van der Waals surface area contributed by atoms with Crippen LogP contribution in [0.5, 0.6) is 0 Å². The van der Waals surface area contributed by atoms with Gasteiger partial charge in [0.25, 0.3) is 16.0 Å². The maximum absolute atomic E-state index is 12.7. The van der Waals surface area contributed by atoms with E-state index in [0.717, 1.165) is 11.3 Å². The number of hydrogen-bond acceptors (Lipinski definition) is 5. The van der Waals surface area contributed by atoms with Gasteiger partial charge in [0.05, 0.1) is 21.9 Å². The molecule has 1 heterocycles. The van der Waals surface area contributed by atoms with Gasteiger partial charge in [0.1, 0.15) is 0 Å². The minimum atomic E-state index is -4.28. The van der Waals surface area contributed by atoms with Crippen molar-refractivity contribution >= 4 is 68.7 Å². The van der Waals surface area contributed by atoms with E-state index >= 15 is 0 Å². The first-order valence-electron chi connectivity index (χ1n) is 8.13. The first kappa shape index (κ1) is 22.3. The zero-order valence-electron chi connectivity index (χ0n) is 15.1. The van der Waals surface area contributed by atoms with E-state index in [1.807, 2.05) is 43.3 Å². The van der Waals surface area contributed by atoms with Gasteiger partial charge in [0, 0.05) is 19.8 Å². The van der Waals surface area contributed by atoms with Gasteiger partial charge in [-0.1, -0.05) is 12.1 Å². The Morgan fingerprint density at radius 1 is 1.04 bits per heavy atom. The molecule has 0 aliphatic carbocycles. The van der Waals surface area contributed by atoms with Crippen molar-refractivity contribution in [3.63, 3.8) is 0 Å². The Morgan fingerprint density at radius 3 is 2.11 bits per heavy atom. The second-order valence-electron chi connectivity index (χ2n) is 6.32. The molecule has 0 aromatic heterocycles. The standard InChI is InChI=1S/C19H19N3O4S.Na.H/c1-13-18(12-14-4-6-15(7-5-14)21(2)3)19(23)22(20-13)16-8-10-17(11-9-16)27(24,25)26;;/h4-12H,1-3H3,(H,24,25,26);;/b18-12+;;. The zero-order chi connectivity index (χ0) is 19.8. The van der Waals surface area contributed by atoms with Crippen LogP contribution in [0.1, 0.15) is 12.5 Å². The average Bonchev–Trinajstić information content (AvgIpc) is 2.90. The second kappa shape index (κ2) is 8.59. The fourth-order valence-electron chi connectivity index (χ4n) is 2.65. The molecule has 1 aliphatic heterocycles. The summed E-state index contributed by atoms with van der Waals surface area (Å²) in [6.45, 7) is 1.74. The molecule has 7 nitrogen and oxygen atoms in total. The fourth-order valence-corrected chi connectivity index (χ4v) is 3.13. The van der Waals surface area contributed by atoms with Crippen LogP contribution < -0.4 is 9.91 Å². The van der Waals surface area contributed by atoms with Crippen LogP contribution in [0.15, 0.2) is 64.1 Å². The molecule has 2 aromatic carbocycles. The summed E-state index contributed by atoms with van der Waals surface area (Å²) in [5.74, 6) is -0.302. The molecule has 1 aliphatic rings. The van der Waals surface area contributed by atoms with Gasteiger partial charge in [0.15, 0.2) is 0 Å². The van der Waals surface area contributed by atoms with Crippen LogP contribution in [-0.4, -0.2) is 68.2 Å². The van der Waals surface area contributed by atoms with Crippen molar-refractivity contribution in [2.24, 2.45) is 5.10 Å². The van der Waals surface area contributed by atoms with Gasteiger partial charge < -0.3 is 4.90 Å². The van der Waals surface area contributed by atoms with Gasteiger partial charge in [-0.3, -0.25) is 9.35 Å². The molecular formula is C19H20N3NaO4S. The van der Waals surface area contributed by atoms with Gasteiger partial charge in [-0.05, 0) is 55.0 Å². The van der Waals surface area contributed by atoms with Crippen molar-refractivity contribution in [1.82, 2.24) is 0 Å². The number of carbonyl (C=O) groups is 1. The van der Waals surface area contributed by atoms with Crippen molar-refractivity contribution in [1.29, 1.82) is 0 Å². The molecule has 0 fully saturated rings. The first-order chi connectivity index (χ1) is 12.7. The van der Waals surface area contributed by atoms with Gasteiger partial charge in [-0.25, -0.2) is 0 Å². The Kier molecular flexibility index (Phi) is 6.84. The molecular weight excluding hydrogens is 389 g/mol. The van der Waals surface area contributed by atoms with Crippen molar-refractivity contribution in [2.45, 2.75) is 11.8 Å². The summed E-state index contributed by atoms with van der Waals surface area (Å²) in [4.78, 5) is 14.5. The Balaban J connectivity index is 0.00000280. The number of hydrazone groups is 1. The van der Waals surface area contributed by atoms with E-state index in [0.29, 0.717) is 17.0 Å². The third-order valence-corrected chi connectivity index (χ3v) is 5.03. The summed E-state index contributed by atoms with van der Waals surface area (Å²) >= 11 is 0. The zero-order valence-corrected chi connectivity index (χ0v) is 15.9. The third-order valence-electron chi connectivity index (χ3n) is 4.16. The summed E-state index contributed by atoms with van der Waals surface area (Å²) in [5.41, 5.74) is 3.38. The van der Waals surface area contributed by atoms with Gasteiger partial charge in [-0.2, -0.15) is 18.5 Å². The number of benzene rings is 2. The Bertz CT molecular complexity index is 1040. The van der Waals surface area contributed by atoms with Crippen LogP contribution in [0.2, 0.25) is 0 Å². The van der Waals surface area contributed by atoms with E-state index in [-0.39, 0.29) is 40.4 Å². The number of hydrogen-bond donors (Lipinski definition) is 1. The van der Waals surface area contributed by atoms with Crippen molar-refractivity contribution in [3.05, 3.63) is 59.7 Å². The minimum absolute atomic E-state index is 0. The van der Waals surface area contributed by atoms with Gasteiger partial charge in [0.2, 0.25) is 0 Å². The molecule has 0 bridgehead atoms. The quantitative estimate of drug-likeness (QED) is 0.475. The monoisotopic (exact) mass is 409 g/mol. The van der Waals surface area contributed by atoms with E-state index in [1.54, 1.807) is 13.0 Å². The number of anilines is 2. The predicted molar refractivity (Wildman–Crippen MR) is 113 cm³/mol. The van der Waals surface area contributed by atoms with E-state index in [2.05, 4.69) is 5.10 Å². The van der Waals surface area contributed by atoms with Crippen LogP contribution >= 0.6 is 0 Å². The van der Waals surface area contributed by atoms with Crippen LogP contribution in [-0.2, 0) is 14.9 Å². The Morgan fingerprint density at radius 2 is 1.61 bits per heavy atom. The molecule has 2 aromatic rings. The summed E-state index contributed by atoms with van der Waals surface area (Å²) in [5, 5.41) is 5.48. The molecule has 1 amide bonds. The Hall–Kier alpha value is -1.97. The molecule has 0 atom stereocenters. The van der Waals surface area contributed by atoms with E-state index in [9.17, 15) is 13.2 Å². The average molecular weight is 409 g/mol. The SMILES string of the molecule is CC1=NN(c2ccc(S(=O)(=O)O)cc2)C(=O)/C1=C/c1ccc(N(C)C)cc1.[NaH]. The van der Waals surface area contributed by atoms with Gasteiger partial charge >= 0.3 is 29.6 Å². The first-order valence-corrected chi connectivity index (χ1v) is 9.57. The number of nitrogens with zero attached hydrogens (tertiary/aromatic N) is 3. The van der Waals surface area contributed by atoms with Crippen LogP contribution in [0, 0.1) is 0 Å². The molecule has 0 saturated carbocycles. The van der Waals surface area contributed by atoms with E-state index < -0.39 is 10.1 Å². The maximum atomic E-state index is 12.7. The molecule has 9 heteroatoms.